The first-order valence-corrected chi connectivity index (χ1v) is 10.5. The Labute approximate surface area is 163 Å². The van der Waals surface area contributed by atoms with Crippen LogP contribution in [0.4, 0.5) is 0 Å². The number of rotatable bonds is 6. The summed E-state index contributed by atoms with van der Waals surface area (Å²) in [5, 5.41) is 0. The standard InChI is InChI=1S/C23H34O4/c1-4-17-7-6-11-23(21(5-2)25-16-24-3)19(17)9-8-18-15-22(12-10-20(18)23)26-13-14-27-22/h4-5,17,19,21H,1-2,6-16H2,3H3/t17-,19+,21-,23-/m0/s1. The fourth-order valence-corrected chi connectivity index (χ4v) is 6.51. The van der Waals surface area contributed by atoms with Crippen LogP contribution in [0.25, 0.3) is 0 Å². The van der Waals surface area contributed by atoms with Gasteiger partial charge in [-0.1, -0.05) is 29.7 Å². The van der Waals surface area contributed by atoms with Crippen molar-refractivity contribution in [2.24, 2.45) is 17.3 Å². The molecule has 0 aromatic carbocycles. The third kappa shape index (κ3) is 3.15. The highest BCUT2D eigenvalue weighted by atomic mass is 16.7. The van der Waals surface area contributed by atoms with Gasteiger partial charge in [-0.15, -0.1) is 13.2 Å². The van der Waals surface area contributed by atoms with E-state index in [1.165, 1.54) is 19.3 Å². The van der Waals surface area contributed by atoms with Crippen LogP contribution in [0, 0.1) is 17.3 Å². The maximum atomic E-state index is 6.23. The average Bonchev–Trinajstić information content (AvgIpc) is 3.15. The van der Waals surface area contributed by atoms with E-state index >= 15 is 0 Å². The molecule has 150 valence electrons. The molecule has 2 fully saturated rings. The van der Waals surface area contributed by atoms with Crippen LogP contribution in [-0.2, 0) is 18.9 Å². The zero-order valence-corrected chi connectivity index (χ0v) is 16.7. The number of allylic oxidation sites excluding steroid dienone is 1. The van der Waals surface area contributed by atoms with Gasteiger partial charge in [-0.2, -0.15) is 0 Å². The first kappa shape index (κ1) is 19.4. The van der Waals surface area contributed by atoms with Crippen molar-refractivity contribution in [1.82, 2.24) is 0 Å². The Balaban J connectivity index is 1.74. The van der Waals surface area contributed by atoms with E-state index in [1.54, 1.807) is 18.3 Å². The third-order valence-electron chi connectivity index (χ3n) is 7.49. The van der Waals surface area contributed by atoms with Crippen molar-refractivity contribution >= 4 is 0 Å². The first-order valence-electron chi connectivity index (χ1n) is 10.5. The van der Waals surface area contributed by atoms with Crippen LogP contribution in [0.2, 0.25) is 0 Å². The van der Waals surface area contributed by atoms with Crippen molar-refractivity contribution in [2.75, 3.05) is 27.1 Å². The van der Waals surface area contributed by atoms with Gasteiger partial charge < -0.3 is 18.9 Å². The Morgan fingerprint density at radius 3 is 2.70 bits per heavy atom. The van der Waals surface area contributed by atoms with E-state index in [9.17, 15) is 0 Å². The molecule has 0 N–H and O–H groups in total. The van der Waals surface area contributed by atoms with Crippen LogP contribution < -0.4 is 0 Å². The largest absolute Gasteiger partial charge is 0.359 e. The number of fused-ring (bicyclic) bond motifs is 2. The Morgan fingerprint density at radius 2 is 2.00 bits per heavy atom. The van der Waals surface area contributed by atoms with E-state index in [0.717, 1.165) is 45.3 Å². The van der Waals surface area contributed by atoms with Gasteiger partial charge in [0.25, 0.3) is 0 Å². The average molecular weight is 375 g/mol. The lowest BCUT2D eigenvalue weighted by Crippen LogP contribution is -2.52. The van der Waals surface area contributed by atoms with Crippen molar-refractivity contribution in [3.05, 3.63) is 36.5 Å². The zero-order valence-electron chi connectivity index (χ0n) is 16.7. The zero-order chi connectivity index (χ0) is 18.9. The molecule has 0 bridgehead atoms. The summed E-state index contributed by atoms with van der Waals surface area (Å²) in [5.41, 5.74) is 3.18. The van der Waals surface area contributed by atoms with Gasteiger partial charge in [-0.05, 0) is 43.9 Å². The maximum Gasteiger partial charge on any atom is 0.172 e. The Bertz CT molecular complexity index is 603. The summed E-state index contributed by atoms with van der Waals surface area (Å²) in [6, 6.07) is 0. The predicted octanol–water partition coefficient (Wildman–Crippen LogP) is 4.77. The van der Waals surface area contributed by atoms with Crippen LogP contribution in [0.5, 0.6) is 0 Å². The second-order valence-electron chi connectivity index (χ2n) is 8.57. The SMILES string of the molecule is C=C[C@H](OCOC)[C@@]12CCC[C@H](C=C)[C@H]1CCC1=C2CCC2(C1)OCCO2. The number of ether oxygens (including phenoxy) is 4. The second-order valence-corrected chi connectivity index (χ2v) is 8.57. The highest BCUT2D eigenvalue weighted by Crippen LogP contribution is 2.62. The van der Waals surface area contributed by atoms with E-state index in [4.69, 9.17) is 18.9 Å². The molecule has 0 amide bonds. The van der Waals surface area contributed by atoms with Crippen molar-refractivity contribution < 1.29 is 18.9 Å². The summed E-state index contributed by atoms with van der Waals surface area (Å²) in [4.78, 5) is 0. The third-order valence-corrected chi connectivity index (χ3v) is 7.49. The monoisotopic (exact) mass is 374 g/mol. The summed E-state index contributed by atoms with van der Waals surface area (Å²) in [5.74, 6) is 0.759. The van der Waals surface area contributed by atoms with Gasteiger partial charge in [0.15, 0.2) is 5.79 Å². The van der Waals surface area contributed by atoms with Crippen molar-refractivity contribution in [3.63, 3.8) is 0 Å². The molecule has 1 heterocycles. The smallest absolute Gasteiger partial charge is 0.172 e. The van der Waals surface area contributed by atoms with E-state index in [-0.39, 0.29) is 17.3 Å². The highest BCUT2D eigenvalue weighted by molar-refractivity contribution is 5.35. The topological polar surface area (TPSA) is 36.9 Å². The van der Waals surface area contributed by atoms with Gasteiger partial charge in [0.2, 0.25) is 0 Å². The van der Waals surface area contributed by atoms with Gasteiger partial charge in [0.05, 0.1) is 19.3 Å². The lowest BCUT2D eigenvalue weighted by Gasteiger charge is -2.57. The minimum Gasteiger partial charge on any atom is -0.359 e. The maximum absolute atomic E-state index is 6.23. The molecular formula is C23H34O4. The summed E-state index contributed by atoms with van der Waals surface area (Å²) < 4.78 is 23.6. The first-order chi connectivity index (χ1) is 13.2. The van der Waals surface area contributed by atoms with Gasteiger partial charge in [-0.25, -0.2) is 0 Å². The lowest BCUT2D eigenvalue weighted by atomic mass is 9.50. The molecular weight excluding hydrogens is 340 g/mol. The van der Waals surface area contributed by atoms with Crippen LogP contribution in [-0.4, -0.2) is 39.0 Å². The summed E-state index contributed by atoms with van der Waals surface area (Å²) >= 11 is 0. The molecule has 0 aromatic heterocycles. The molecule has 4 aliphatic rings. The Hall–Kier alpha value is -0.940. The predicted molar refractivity (Wildman–Crippen MR) is 105 cm³/mol. The Morgan fingerprint density at radius 1 is 1.19 bits per heavy atom. The van der Waals surface area contributed by atoms with Crippen molar-refractivity contribution in [2.45, 2.75) is 63.3 Å². The normalized spacial score (nSPS) is 36.2. The fraction of sp³-hybridized carbons (Fsp3) is 0.739. The molecule has 4 atom stereocenters. The minimum atomic E-state index is -0.365. The molecule has 27 heavy (non-hydrogen) atoms. The second kappa shape index (κ2) is 7.82. The van der Waals surface area contributed by atoms with Gasteiger partial charge in [-0.3, -0.25) is 0 Å². The number of hydrogen-bond donors (Lipinski definition) is 0. The molecule has 1 saturated heterocycles. The van der Waals surface area contributed by atoms with Gasteiger partial charge in [0, 0.05) is 25.4 Å². The molecule has 0 radical (unpaired) electrons. The number of methoxy groups -OCH3 is 1. The quantitative estimate of drug-likeness (QED) is 0.496. The molecule has 1 spiro atoms. The van der Waals surface area contributed by atoms with Crippen LogP contribution in [0.1, 0.15) is 51.4 Å². The molecule has 3 aliphatic carbocycles. The summed E-state index contributed by atoms with van der Waals surface area (Å²) in [7, 11) is 1.69. The van der Waals surface area contributed by atoms with Crippen LogP contribution >= 0.6 is 0 Å². The minimum absolute atomic E-state index is 0.0186. The van der Waals surface area contributed by atoms with Crippen molar-refractivity contribution in [3.8, 4) is 0 Å². The molecule has 4 heteroatoms. The van der Waals surface area contributed by atoms with E-state index in [1.807, 2.05) is 6.08 Å². The van der Waals surface area contributed by atoms with E-state index < -0.39 is 0 Å². The van der Waals surface area contributed by atoms with Gasteiger partial charge in [0.1, 0.15) is 6.79 Å². The summed E-state index contributed by atoms with van der Waals surface area (Å²) in [6.45, 7) is 10.1. The fourth-order valence-electron chi connectivity index (χ4n) is 6.51. The van der Waals surface area contributed by atoms with E-state index in [2.05, 4.69) is 19.2 Å². The van der Waals surface area contributed by atoms with Gasteiger partial charge >= 0.3 is 0 Å². The molecule has 1 aliphatic heterocycles. The summed E-state index contributed by atoms with van der Waals surface area (Å²) in [6.07, 6.45) is 13.0. The van der Waals surface area contributed by atoms with E-state index in [0.29, 0.717) is 18.6 Å². The van der Waals surface area contributed by atoms with Crippen LogP contribution in [0.3, 0.4) is 0 Å². The number of hydrogen-bond acceptors (Lipinski definition) is 4. The molecule has 1 saturated carbocycles. The lowest BCUT2D eigenvalue weighted by molar-refractivity contribution is -0.171. The molecule has 0 unspecified atom stereocenters. The molecule has 4 nitrogen and oxygen atoms in total. The molecule has 4 rings (SSSR count). The Kier molecular flexibility index (Phi) is 5.62. The van der Waals surface area contributed by atoms with Crippen LogP contribution in [0.15, 0.2) is 36.5 Å². The van der Waals surface area contributed by atoms with Crippen molar-refractivity contribution in [1.29, 1.82) is 0 Å². The molecule has 0 aromatic rings. The highest BCUT2D eigenvalue weighted by Gasteiger charge is 2.56.